The Morgan fingerprint density at radius 2 is 2.04 bits per heavy atom. The number of benzene rings is 1. The fourth-order valence-corrected chi connectivity index (χ4v) is 2.27. The molecule has 2 rings (SSSR count). The number of hydrogen-bond donors (Lipinski definition) is 2. The van der Waals surface area contributed by atoms with Crippen molar-refractivity contribution in [3.05, 3.63) is 40.0 Å². The van der Waals surface area contributed by atoms with Crippen molar-refractivity contribution in [3.8, 4) is 0 Å². The van der Waals surface area contributed by atoms with Crippen LogP contribution in [0.5, 0.6) is 0 Å². The molecule has 1 heterocycles. The summed E-state index contributed by atoms with van der Waals surface area (Å²) in [6.45, 7) is 0.656. The molecule has 0 fully saturated rings. The summed E-state index contributed by atoms with van der Waals surface area (Å²) in [7, 11) is 1.76. The normalized spacial score (nSPS) is 10.5. The van der Waals surface area contributed by atoms with Crippen molar-refractivity contribution in [2.24, 2.45) is 5.73 Å². The van der Waals surface area contributed by atoms with Crippen molar-refractivity contribution >= 4 is 47.2 Å². The summed E-state index contributed by atoms with van der Waals surface area (Å²) >= 11 is 12.0. The minimum atomic E-state index is -0.250. The Bertz CT molecular complexity index is 645. The molecule has 0 aliphatic carbocycles. The molecule has 0 radical (unpaired) electrons. The zero-order valence-corrected chi connectivity index (χ0v) is 14.6. The van der Waals surface area contributed by atoms with Crippen LogP contribution in [0, 0.1) is 0 Å². The third-order valence-electron chi connectivity index (χ3n) is 2.74. The van der Waals surface area contributed by atoms with Gasteiger partial charge >= 0.3 is 0 Å². The topological polar surface area (TPSA) is 97.3 Å². The first-order chi connectivity index (χ1) is 10.5. The Kier molecular flexibility index (Phi) is 7.74. The molecule has 0 unspecified atom stereocenters. The highest BCUT2D eigenvalue weighted by atomic mass is 35.5. The Hall–Kier alpha value is -1.38. The number of nitrogens with zero attached hydrogens (tertiary/aromatic N) is 3. The van der Waals surface area contributed by atoms with E-state index in [1.54, 1.807) is 30.1 Å². The van der Waals surface area contributed by atoms with E-state index in [9.17, 15) is 4.79 Å². The second kappa shape index (κ2) is 9.05. The molecule has 7 nitrogen and oxygen atoms in total. The number of carbonyl (C=O) groups is 1. The van der Waals surface area contributed by atoms with Crippen LogP contribution in [0.3, 0.4) is 0 Å². The van der Waals surface area contributed by atoms with Crippen molar-refractivity contribution in [3.63, 3.8) is 0 Å². The number of amides is 1. The van der Waals surface area contributed by atoms with E-state index in [2.05, 4.69) is 15.5 Å². The highest BCUT2D eigenvalue weighted by Crippen LogP contribution is 2.29. The van der Waals surface area contributed by atoms with E-state index in [0.29, 0.717) is 34.0 Å². The minimum absolute atomic E-state index is 0. The molecule has 10 heteroatoms. The van der Waals surface area contributed by atoms with E-state index in [0.717, 1.165) is 0 Å². The lowest BCUT2D eigenvalue weighted by Gasteiger charge is -2.15. The van der Waals surface area contributed by atoms with Gasteiger partial charge in [-0.25, -0.2) is 0 Å². The standard InChI is InChI=1S/C13H15Cl2N5O2.ClH/c1-20(6-10-17-12(5-16)22-19-10)7-11(21)18-13-8(14)3-2-4-9(13)15;/h2-4H,5-7,16H2,1H3,(H,18,21);1H. The fraction of sp³-hybridized carbons (Fsp3) is 0.308. The van der Waals surface area contributed by atoms with E-state index in [4.69, 9.17) is 33.5 Å². The van der Waals surface area contributed by atoms with Crippen LogP contribution in [0.2, 0.25) is 10.0 Å². The molecule has 23 heavy (non-hydrogen) atoms. The van der Waals surface area contributed by atoms with Crippen LogP contribution in [0.1, 0.15) is 11.7 Å². The summed E-state index contributed by atoms with van der Waals surface area (Å²) in [6, 6.07) is 5.01. The highest BCUT2D eigenvalue weighted by Gasteiger charge is 2.13. The van der Waals surface area contributed by atoms with Gasteiger partial charge in [-0.15, -0.1) is 12.4 Å². The first-order valence-electron chi connectivity index (χ1n) is 6.43. The SMILES string of the molecule is CN(CC(=O)Nc1c(Cl)cccc1Cl)Cc1noc(CN)n1.Cl. The molecule has 0 atom stereocenters. The van der Waals surface area contributed by atoms with Crippen LogP contribution in [0.4, 0.5) is 5.69 Å². The number of nitrogens with one attached hydrogen (secondary N) is 1. The second-order valence-electron chi connectivity index (χ2n) is 4.63. The molecule has 0 saturated carbocycles. The van der Waals surface area contributed by atoms with Crippen LogP contribution in [0.25, 0.3) is 0 Å². The molecule has 3 N–H and O–H groups in total. The summed E-state index contributed by atoms with van der Waals surface area (Å²) < 4.78 is 4.90. The third kappa shape index (κ3) is 5.63. The first kappa shape index (κ1) is 19.7. The van der Waals surface area contributed by atoms with Gasteiger partial charge in [0.05, 0.1) is 35.4 Å². The first-order valence-corrected chi connectivity index (χ1v) is 7.19. The lowest BCUT2D eigenvalue weighted by Crippen LogP contribution is -2.30. The van der Waals surface area contributed by atoms with E-state index in [-0.39, 0.29) is 31.4 Å². The lowest BCUT2D eigenvalue weighted by atomic mass is 10.3. The van der Waals surface area contributed by atoms with Crippen LogP contribution in [-0.2, 0) is 17.9 Å². The number of rotatable bonds is 6. The molecule has 0 aliphatic heterocycles. The van der Waals surface area contributed by atoms with Gasteiger partial charge in [-0.1, -0.05) is 34.4 Å². The molecule has 0 saturated heterocycles. The van der Waals surface area contributed by atoms with Gasteiger partial charge in [-0.3, -0.25) is 9.69 Å². The van der Waals surface area contributed by atoms with E-state index >= 15 is 0 Å². The Morgan fingerprint density at radius 1 is 1.39 bits per heavy atom. The Morgan fingerprint density at radius 3 is 2.61 bits per heavy atom. The molecule has 126 valence electrons. The Balaban J connectivity index is 0.00000264. The molecule has 1 aromatic heterocycles. The Labute approximate surface area is 149 Å². The fourth-order valence-electron chi connectivity index (χ4n) is 1.78. The number of aromatic nitrogens is 2. The highest BCUT2D eigenvalue weighted by molar-refractivity contribution is 6.39. The molecule has 1 aromatic carbocycles. The average molecular weight is 381 g/mol. The van der Waals surface area contributed by atoms with Crippen LogP contribution in [0.15, 0.2) is 22.7 Å². The number of nitrogens with two attached hydrogens (primary N) is 1. The maximum absolute atomic E-state index is 12.0. The average Bonchev–Trinajstić information content (AvgIpc) is 2.90. The van der Waals surface area contributed by atoms with Gasteiger partial charge in [-0.05, 0) is 19.2 Å². The quantitative estimate of drug-likeness (QED) is 0.798. The second-order valence-corrected chi connectivity index (χ2v) is 5.44. The summed E-state index contributed by atoms with van der Waals surface area (Å²) in [5.74, 6) is 0.572. The smallest absolute Gasteiger partial charge is 0.240 e. The number of anilines is 1. The summed E-state index contributed by atoms with van der Waals surface area (Å²) in [5.41, 5.74) is 5.79. The lowest BCUT2D eigenvalue weighted by molar-refractivity contribution is -0.117. The van der Waals surface area contributed by atoms with E-state index in [1.165, 1.54) is 0 Å². The van der Waals surface area contributed by atoms with Gasteiger partial charge in [0.1, 0.15) is 0 Å². The summed E-state index contributed by atoms with van der Waals surface area (Å²) in [4.78, 5) is 17.8. The molecular weight excluding hydrogens is 365 g/mol. The zero-order valence-electron chi connectivity index (χ0n) is 12.3. The van der Waals surface area contributed by atoms with Crippen molar-refractivity contribution in [1.82, 2.24) is 15.0 Å². The van der Waals surface area contributed by atoms with Crippen LogP contribution < -0.4 is 11.1 Å². The number of hydrogen-bond acceptors (Lipinski definition) is 6. The largest absolute Gasteiger partial charge is 0.338 e. The van der Waals surface area contributed by atoms with Crippen LogP contribution >= 0.6 is 35.6 Å². The predicted octanol–water partition coefficient (Wildman–Crippen LogP) is 2.33. The predicted molar refractivity (Wildman–Crippen MR) is 90.9 cm³/mol. The van der Waals surface area contributed by atoms with Crippen molar-refractivity contribution < 1.29 is 9.32 Å². The number of carbonyl (C=O) groups excluding carboxylic acids is 1. The van der Waals surface area contributed by atoms with Gasteiger partial charge in [0, 0.05) is 0 Å². The van der Waals surface area contributed by atoms with Gasteiger partial charge in [-0.2, -0.15) is 4.98 Å². The monoisotopic (exact) mass is 379 g/mol. The van der Waals surface area contributed by atoms with Crippen molar-refractivity contribution in [2.45, 2.75) is 13.1 Å². The number of halogens is 3. The van der Waals surface area contributed by atoms with Gasteiger partial charge in [0.2, 0.25) is 11.8 Å². The minimum Gasteiger partial charge on any atom is -0.338 e. The van der Waals surface area contributed by atoms with Gasteiger partial charge in [0.25, 0.3) is 0 Å². The van der Waals surface area contributed by atoms with Crippen molar-refractivity contribution in [2.75, 3.05) is 18.9 Å². The molecule has 1 amide bonds. The zero-order chi connectivity index (χ0) is 16.1. The molecule has 2 aromatic rings. The van der Waals surface area contributed by atoms with Gasteiger partial charge in [0.15, 0.2) is 5.82 Å². The van der Waals surface area contributed by atoms with E-state index in [1.807, 2.05) is 0 Å². The number of para-hydroxylation sites is 1. The molecule has 0 bridgehead atoms. The molecule has 0 aliphatic rings. The van der Waals surface area contributed by atoms with Gasteiger partial charge < -0.3 is 15.6 Å². The van der Waals surface area contributed by atoms with Crippen LogP contribution in [-0.4, -0.2) is 34.5 Å². The maximum atomic E-state index is 12.0. The molecule has 0 spiro atoms. The number of likely N-dealkylation sites (N-methyl/N-ethyl adjacent to an activating group) is 1. The molecular formula is C13H16Cl3N5O2. The third-order valence-corrected chi connectivity index (χ3v) is 3.37. The van der Waals surface area contributed by atoms with E-state index < -0.39 is 0 Å². The van der Waals surface area contributed by atoms with Crippen molar-refractivity contribution in [1.29, 1.82) is 0 Å². The maximum Gasteiger partial charge on any atom is 0.240 e. The summed E-state index contributed by atoms with van der Waals surface area (Å²) in [5, 5.41) is 7.21. The summed E-state index contributed by atoms with van der Waals surface area (Å²) in [6.07, 6.45) is 0.